The predicted molar refractivity (Wildman–Crippen MR) is 81.2 cm³/mol. The van der Waals surface area contributed by atoms with Crippen LogP contribution in [-0.2, 0) is 0 Å². The summed E-state index contributed by atoms with van der Waals surface area (Å²) in [5.41, 5.74) is 8.59. The standard InChI is InChI=1S/C16H18N2O2/c1-3-20-15-13(8-5-9-14(15)17)16(19)18-12-7-4-6-11(2)10-12/h4-10H,3,17H2,1-2H3,(H,18,19). The molecule has 20 heavy (non-hydrogen) atoms. The van der Waals surface area contributed by atoms with Gasteiger partial charge in [0, 0.05) is 5.69 Å². The Kier molecular flexibility index (Phi) is 4.25. The van der Waals surface area contributed by atoms with Gasteiger partial charge >= 0.3 is 0 Å². The van der Waals surface area contributed by atoms with Crippen LogP contribution in [0.25, 0.3) is 0 Å². The van der Waals surface area contributed by atoms with Crippen molar-refractivity contribution in [3.8, 4) is 5.75 Å². The molecule has 0 bridgehead atoms. The number of carbonyl (C=O) groups excluding carboxylic acids is 1. The summed E-state index contributed by atoms with van der Waals surface area (Å²) in [6.45, 7) is 4.29. The summed E-state index contributed by atoms with van der Waals surface area (Å²) in [5.74, 6) is 0.200. The molecule has 0 fully saturated rings. The fourth-order valence-corrected chi connectivity index (χ4v) is 1.96. The van der Waals surface area contributed by atoms with Crippen LogP contribution in [0.4, 0.5) is 11.4 Å². The molecule has 0 saturated heterocycles. The number of nitrogens with one attached hydrogen (secondary N) is 1. The largest absolute Gasteiger partial charge is 0.491 e. The number of nitrogens with two attached hydrogens (primary N) is 1. The molecule has 2 rings (SSSR count). The third-order valence-corrected chi connectivity index (χ3v) is 2.85. The normalized spacial score (nSPS) is 10.1. The van der Waals surface area contributed by atoms with Crippen molar-refractivity contribution in [3.05, 3.63) is 53.6 Å². The van der Waals surface area contributed by atoms with Gasteiger partial charge in [-0.2, -0.15) is 0 Å². The van der Waals surface area contributed by atoms with E-state index in [2.05, 4.69) is 5.32 Å². The summed E-state index contributed by atoms with van der Waals surface area (Å²) >= 11 is 0. The van der Waals surface area contributed by atoms with Crippen molar-refractivity contribution in [3.63, 3.8) is 0 Å². The van der Waals surface area contributed by atoms with Gasteiger partial charge in [0.1, 0.15) is 0 Å². The maximum Gasteiger partial charge on any atom is 0.259 e. The molecule has 0 heterocycles. The van der Waals surface area contributed by atoms with E-state index in [4.69, 9.17) is 10.5 Å². The SMILES string of the molecule is CCOc1c(N)cccc1C(=O)Nc1cccc(C)c1. The van der Waals surface area contributed by atoms with E-state index in [0.29, 0.717) is 23.6 Å². The number of rotatable bonds is 4. The second kappa shape index (κ2) is 6.10. The zero-order valence-corrected chi connectivity index (χ0v) is 11.6. The van der Waals surface area contributed by atoms with E-state index >= 15 is 0 Å². The second-order valence-corrected chi connectivity index (χ2v) is 4.48. The number of amides is 1. The molecule has 0 radical (unpaired) electrons. The van der Waals surface area contributed by atoms with Gasteiger partial charge in [0.05, 0.1) is 17.9 Å². The quantitative estimate of drug-likeness (QED) is 0.838. The first-order chi connectivity index (χ1) is 9.61. The molecule has 2 aromatic carbocycles. The minimum absolute atomic E-state index is 0.230. The van der Waals surface area contributed by atoms with Gasteiger partial charge in [-0.15, -0.1) is 0 Å². The van der Waals surface area contributed by atoms with Crippen LogP contribution < -0.4 is 15.8 Å². The first-order valence-corrected chi connectivity index (χ1v) is 6.51. The van der Waals surface area contributed by atoms with Gasteiger partial charge in [-0.3, -0.25) is 4.79 Å². The molecule has 3 N–H and O–H groups in total. The number of hydrogen-bond donors (Lipinski definition) is 2. The second-order valence-electron chi connectivity index (χ2n) is 4.48. The van der Waals surface area contributed by atoms with Crippen molar-refractivity contribution >= 4 is 17.3 Å². The average molecular weight is 270 g/mol. The van der Waals surface area contributed by atoms with Crippen LogP contribution in [0.3, 0.4) is 0 Å². The number of nitrogen functional groups attached to an aromatic ring is 1. The van der Waals surface area contributed by atoms with Crippen LogP contribution in [0.2, 0.25) is 0 Å². The van der Waals surface area contributed by atoms with Gasteiger partial charge in [-0.25, -0.2) is 0 Å². The maximum absolute atomic E-state index is 12.3. The van der Waals surface area contributed by atoms with E-state index in [1.54, 1.807) is 18.2 Å². The fourth-order valence-electron chi connectivity index (χ4n) is 1.96. The number of carbonyl (C=O) groups is 1. The van der Waals surface area contributed by atoms with Crippen LogP contribution in [0.5, 0.6) is 5.75 Å². The number of anilines is 2. The highest BCUT2D eigenvalue weighted by Gasteiger charge is 2.15. The van der Waals surface area contributed by atoms with E-state index in [1.165, 1.54) is 0 Å². The fraction of sp³-hybridized carbons (Fsp3) is 0.188. The van der Waals surface area contributed by atoms with Crippen LogP contribution in [0, 0.1) is 6.92 Å². The Balaban J connectivity index is 2.27. The zero-order valence-electron chi connectivity index (χ0n) is 11.6. The Labute approximate surface area is 118 Å². The third-order valence-electron chi connectivity index (χ3n) is 2.85. The molecule has 0 atom stereocenters. The molecule has 0 spiro atoms. The third kappa shape index (κ3) is 3.09. The highest BCUT2D eigenvalue weighted by molar-refractivity contribution is 6.07. The Morgan fingerprint density at radius 2 is 2.00 bits per heavy atom. The lowest BCUT2D eigenvalue weighted by atomic mass is 10.1. The van der Waals surface area contributed by atoms with Crippen LogP contribution in [0.1, 0.15) is 22.8 Å². The number of benzene rings is 2. The Bertz CT molecular complexity index is 624. The molecular formula is C16H18N2O2. The summed E-state index contributed by atoms with van der Waals surface area (Å²) in [6.07, 6.45) is 0. The predicted octanol–water partition coefficient (Wildman–Crippen LogP) is 3.23. The molecule has 0 aliphatic carbocycles. The summed E-state index contributed by atoms with van der Waals surface area (Å²) in [7, 11) is 0. The zero-order chi connectivity index (χ0) is 14.5. The van der Waals surface area contributed by atoms with E-state index in [9.17, 15) is 4.79 Å². The first kappa shape index (κ1) is 13.9. The topological polar surface area (TPSA) is 64.3 Å². The first-order valence-electron chi connectivity index (χ1n) is 6.51. The van der Waals surface area contributed by atoms with E-state index in [1.807, 2.05) is 38.1 Å². The van der Waals surface area contributed by atoms with Gasteiger partial charge in [-0.1, -0.05) is 18.2 Å². The van der Waals surface area contributed by atoms with Crippen LogP contribution in [-0.4, -0.2) is 12.5 Å². The molecule has 0 unspecified atom stereocenters. The van der Waals surface area contributed by atoms with Gasteiger partial charge in [-0.05, 0) is 43.7 Å². The van der Waals surface area contributed by atoms with Crippen LogP contribution >= 0.6 is 0 Å². The van der Waals surface area contributed by atoms with Crippen molar-refractivity contribution in [2.75, 3.05) is 17.7 Å². The highest BCUT2D eigenvalue weighted by Crippen LogP contribution is 2.27. The van der Waals surface area contributed by atoms with Crippen molar-refractivity contribution in [1.29, 1.82) is 0 Å². The van der Waals surface area contributed by atoms with Gasteiger partial charge in [0.15, 0.2) is 5.75 Å². The lowest BCUT2D eigenvalue weighted by Gasteiger charge is -2.12. The van der Waals surface area contributed by atoms with Crippen molar-refractivity contribution in [1.82, 2.24) is 0 Å². The van der Waals surface area contributed by atoms with Gasteiger partial charge in [0.2, 0.25) is 0 Å². The van der Waals surface area contributed by atoms with Crippen molar-refractivity contribution < 1.29 is 9.53 Å². The Hall–Kier alpha value is -2.49. The van der Waals surface area contributed by atoms with Gasteiger partial charge in [0.25, 0.3) is 5.91 Å². The molecule has 0 aromatic heterocycles. The molecule has 4 heteroatoms. The number of hydrogen-bond acceptors (Lipinski definition) is 3. The Morgan fingerprint density at radius 1 is 1.25 bits per heavy atom. The van der Waals surface area contributed by atoms with E-state index in [-0.39, 0.29) is 5.91 Å². The average Bonchev–Trinajstić information content (AvgIpc) is 2.41. The Morgan fingerprint density at radius 3 is 2.70 bits per heavy atom. The maximum atomic E-state index is 12.3. The van der Waals surface area contributed by atoms with Crippen molar-refractivity contribution in [2.45, 2.75) is 13.8 Å². The van der Waals surface area contributed by atoms with Gasteiger partial charge < -0.3 is 15.8 Å². The molecule has 4 nitrogen and oxygen atoms in total. The minimum Gasteiger partial charge on any atom is -0.491 e. The molecule has 104 valence electrons. The molecule has 2 aromatic rings. The summed E-state index contributed by atoms with van der Waals surface area (Å²) in [6, 6.07) is 12.8. The minimum atomic E-state index is -0.230. The van der Waals surface area contributed by atoms with Crippen LogP contribution in [0.15, 0.2) is 42.5 Å². The summed E-state index contributed by atoms with van der Waals surface area (Å²) in [4.78, 5) is 12.3. The number of ether oxygens (including phenoxy) is 1. The number of aryl methyl sites for hydroxylation is 1. The monoisotopic (exact) mass is 270 g/mol. The molecule has 1 amide bonds. The molecule has 0 aliphatic rings. The van der Waals surface area contributed by atoms with Crippen molar-refractivity contribution in [2.24, 2.45) is 0 Å². The lowest BCUT2D eigenvalue weighted by molar-refractivity contribution is 0.102. The summed E-state index contributed by atoms with van der Waals surface area (Å²) < 4.78 is 5.46. The molecular weight excluding hydrogens is 252 g/mol. The summed E-state index contributed by atoms with van der Waals surface area (Å²) in [5, 5.41) is 2.85. The van der Waals surface area contributed by atoms with E-state index < -0.39 is 0 Å². The lowest BCUT2D eigenvalue weighted by Crippen LogP contribution is -2.14. The molecule has 0 aliphatic heterocycles. The van der Waals surface area contributed by atoms with E-state index in [0.717, 1.165) is 11.3 Å². The number of para-hydroxylation sites is 1. The smallest absolute Gasteiger partial charge is 0.259 e. The molecule has 0 saturated carbocycles. The highest BCUT2D eigenvalue weighted by atomic mass is 16.5.